The summed E-state index contributed by atoms with van der Waals surface area (Å²) < 4.78 is 32.1. The SMILES string of the molecule is COc1cccc(CN2CCN(S(=O)(=O)c3ccccc3)CC2)c1. The molecule has 5 nitrogen and oxygen atoms in total. The summed E-state index contributed by atoms with van der Waals surface area (Å²) in [6, 6.07) is 16.6. The molecule has 0 atom stereocenters. The van der Waals surface area contributed by atoms with Crippen molar-refractivity contribution < 1.29 is 13.2 Å². The van der Waals surface area contributed by atoms with E-state index in [1.54, 1.807) is 35.7 Å². The molecule has 6 heteroatoms. The van der Waals surface area contributed by atoms with Crippen molar-refractivity contribution in [2.45, 2.75) is 11.4 Å². The number of hydrogen-bond acceptors (Lipinski definition) is 4. The number of methoxy groups -OCH3 is 1. The Morgan fingerprint density at radius 2 is 1.67 bits per heavy atom. The quantitative estimate of drug-likeness (QED) is 0.833. The van der Waals surface area contributed by atoms with Gasteiger partial charge in [-0.3, -0.25) is 4.90 Å². The summed E-state index contributed by atoms with van der Waals surface area (Å²) in [4.78, 5) is 2.64. The van der Waals surface area contributed by atoms with Crippen LogP contribution in [0, 0.1) is 0 Å². The van der Waals surface area contributed by atoms with E-state index < -0.39 is 10.0 Å². The third-order valence-electron chi connectivity index (χ3n) is 4.25. The fourth-order valence-electron chi connectivity index (χ4n) is 2.90. The topological polar surface area (TPSA) is 49.9 Å². The van der Waals surface area contributed by atoms with Gasteiger partial charge in [0, 0.05) is 32.7 Å². The van der Waals surface area contributed by atoms with Crippen LogP contribution in [0.3, 0.4) is 0 Å². The highest BCUT2D eigenvalue weighted by Crippen LogP contribution is 2.19. The van der Waals surface area contributed by atoms with Crippen molar-refractivity contribution in [2.24, 2.45) is 0 Å². The van der Waals surface area contributed by atoms with Crippen LogP contribution in [0.5, 0.6) is 5.75 Å². The fraction of sp³-hybridized carbons (Fsp3) is 0.333. The molecule has 1 fully saturated rings. The van der Waals surface area contributed by atoms with Crippen LogP contribution in [-0.2, 0) is 16.6 Å². The molecule has 1 heterocycles. The zero-order chi connectivity index (χ0) is 17.0. The van der Waals surface area contributed by atoms with E-state index in [-0.39, 0.29) is 0 Å². The van der Waals surface area contributed by atoms with Crippen LogP contribution in [0.15, 0.2) is 59.5 Å². The van der Waals surface area contributed by atoms with Gasteiger partial charge in [-0.1, -0.05) is 30.3 Å². The molecule has 0 radical (unpaired) electrons. The summed E-state index contributed by atoms with van der Waals surface area (Å²) >= 11 is 0. The molecule has 0 amide bonds. The van der Waals surface area contributed by atoms with E-state index in [0.717, 1.165) is 25.4 Å². The molecule has 0 aromatic heterocycles. The largest absolute Gasteiger partial charge is 0.497 e. The van der Waals surface area contributed by atoms with Crippen molar-refractivity contribution >= 4 is 10.0 Å². The second-order valence-electron chi connectivity index (χ2n) is 5.84. The van der Waals surface area contributed by atoms with Gasteiger partial charge >= 0.3 is 0 Å². The number of nitrogens with zero attached hydrogens (tertiary/aromatic N) is 2. The van der Waals surface area contributed by atoms with Gasteiger partial charge in [0.05, 0.1) is 12.0 Å². The zero-order valence-corrected chi connectivity index (χ0v) is 14.6. The van der Waals surface area contributed by atoms with E-state index in [9.17, 15) is 8.42 Å². The molecule has 2 aromatic carbocycles. The molecular formula is C18H22N2O3S. The molecule has 0 unspecified atom stereocenters. The van der Waals surface area contributed by atoms with E-state index in [2.05, 4.69) is 11.0 Å². The van der Waals surface area contributed by atoms with Gasteiger partial charge in [-0.05, 0) is 29.8 Å². The van der Waals surface area contributed by atoms with Gasteiger partial charge in [-0.2, -0.15) is 4.31 Å². The second kappa shape index (κ2) is 7.34. The molecule has 0 spiro atoms. The van der Waals surface area contributed by atoms with Gasteiger partial charge in [-0.15, -0.1) is 0 Å². The van der Waals surface area contributed by atoms with E-state index >= 15 is 0 Å². The average molecular weight is 346 g/mol. The first-order valence-electron chi connectivity index (χ1n) is 8.00. The highest BCUT2D eigenvalue weighted by atomic mass is 32.2. The van der Waals surface area contributed by atoms with Gasteiger partial charge in [0.15, 0.2) is 0 Å². The Labute approximate surface area is 143 Å². The molecule has 1 aliphatic heterocycles. The maximum atomic E-state index is 12.6. The molecule has 3 rings (SSSR count). The third kappa shape index (κ3) is 3.77. The van der Waals surface area contributed by atoms with Crippen molar-refractivity contribution in [1.29, 1.82) is 0 Å². The van der Waals surface area contributed by atoms with Gasteiger partial charge in [0.2, 0.25) is 10.0 Å². The standard InChI is InChI=1S/C18H22N2O3S/c1-23-17-7-5-6-16(14-17)15-19-10-12-20(13-11-19)24(21,22)18-8-3-2-4-9-18/h2-9,14H,10-13,15H2,1H3. The monoisotopic (exact) mass is 346 g/mol. The lowest BCUT2D eigenvalue weighted by Gasteiger charge is -2.34. The minimum atomic E-state index is -3.38. The smallest absolute Gasteiger partial charge is 0.243 e. The van der Waals surface area contributed by atoms with Gasteiger partial charge in [0.1, 0.15) is 5.75 Å². The summed E-state index contributed by atoms with van der Waals surface area (Å²) in [6.45, 7) is 3.28. The minimum absolute atomic E-state index is 0.367. The predicted octanol–water partition coefficient (Wildman–Crippen LogP) is 2.20. The number of ether oxygens (including phenoxy) is 1. The Kier molecular flexibility index (Phi) is 5.18. The fourth-order valence-corrected chi connectivity index (χ4v) is 4.34. The lowest BCUT2D eigenvalue weighted by molar-refractivity contribution is 0.181. The van der Waals surface area contributed by atoms with E-state index in [1.807, 2.05) is 24.3 Å². The van der Waals surface area contributed by atoms with Crippen LogP contribution in [-0.4, -0.2) is 50.9 Å². The maximum Gasteiger partial charge on any atom is 0.243 e. The molecule has 0 N–H and O–H groups in total. The first kappa shape index (κ1) is 17.0. The van der Waals surface area contributed by atoms with Crippen molar-refractivity contribution in [3.63, 3.8) is 0 Å². The normalized spacial score (nSPS) is 16.9. The van der Waals surface area contributed by atoms with Gasteiger partial charge < -0.3 is 4.74 Å². The first-order chi connectivity index (χ1) is 11.6. The highest BCUT2D eigenvalue weighted by molar-refractivity contribution is 7.89. The molecular weight excluding hydrogens is 324 g/mol. The van der Waals surface area contributed by atoms with Crippen molar-refractivity contribution in [2.75, 3.05) is 33.3 Å². The summed E-state index contributed by atoms with van der Waals surface area (Å²) in [5.74, 6) is 0.845. The number of sulfonamides is 1. The van der Waals surface area contributed by atoms with Crippen LogP contribution in [0.2, 0.25) is 0 Å². The Morgan fingerprint density at radius 3 is 2.33 bits per heavy atom. The maximum absolute atomic E-state index is 12.6. The molecule has 24 heavy (non-hydrogen) atoms. The highest BCUT2D eigenvalue weighted by Gasteiger charge is 2.28. The zero-order valence-electron chi connectivity index (χ0n) is 13.8. The third-order valence-corrected chi connectivity index (χ3v) is 6.17. The molecule has 0 bridgehead atoms. The molecule has 1 saturated heterocycles. The molecule has 0 saturated carbocycles. The summed E-state index contributed by atoms with van der Waals surface area (Å²) in [7, 11) is -1.72. The van der Waals surface area contributed by atoms with Crippen LogP contribution in [0.1, 0.15) is 5.56 Å². The summed E-state index contributed by atoms with van der Waals surface area (Å²) in [5, 5.41) is 0. The Hall–Kier alpha value is -1.89. The minimum Gasteiger partial charge on any atom is -0.497 e. The molecule has 0 aliphatic carbocycles. The van der Waals surface area contributed by atoms with Crippen LogP contribution in [0.25, 0.3) is 0 Å². The average Bonchev–Trinajstić information content (AvgIpc) is 2.63. The Morgan fingerprint density at radius 1 is 0.958 bits per heavy atom. The first-order valence-corrected chi connectivity index (χ1v) is 9.44. The van der Waals surface area contributed by atoms with E-state index in [0.29, 0.717) is 18.0 Å². The van der Waals surface area contributed by atoms with Crippen LogP contribution >= 0.6 is 0 Å². The molecule has 2 aromatic rings. The van der Waals surface area contributed by atoms with Crippen LogP contribution in [0.4, 0.5) is 0 Å². The molecule has 128 valence electrons. The van der Waals surface area contributed by atoms with Crippen molar-refractivity contribution in [1.82, 2.24) is 9.21 Å². The predicted molar refractivity (Wildman–Crippen MR) is 93.5 cm³/mol. The Bertz CT molecular complexity index is 770. The second-order valence-corrected chi connectivity index (χ2v) is 7.78. The number of benzene rings is 2. The summed E-state index contributed by atoms with van der Waals surface area (Å²) in [6.07, 6.45) is 0. The lowest BCUT2D eigenvalue weighted by Crippen LogP contribution is -2.48. The number of rotatable bonds is 5. The number of piperazine rings is 1. The van der Waals surface area contributed by atoms with E-state index in [4.69, 9.17) is 4.74 Å². The van der Waals surface area contributed by atoms with E-state index in [1.165, 1.54) is 5.56 Å². The molecule has 1 aliphatic rings. The lowest BCUT2D eigenvalue weighted by atomic mass is 10.2. The van der Waals surface area contributed by atoms with Crippen molar-refractivity contribution in [3.8, 4) is 5.75 Å². The van der Waals surface area contributed by atoms with Gasteiger partial charge in [-0.25, -0.2) is 8.42 Å². The number of hydrogen-bond donors (Lipinski definition) is 0. The Balaban J connectivity index is 1.61. The van der Waals surface area contributed by atoms with Gasteiger partial charge in [0.25, 0.3) is 0 Å². The summed E-state index contributed by atoms with van der Waals surface area (Å²) in [5.41, 5.74) is 1.17. The van der Waals surface area contributed by atoms with Crippen molar-refractivity contribution in [3.05, 3.63) is 60.2 Å². The van der Waals surface area contributed by atoms with Crippen LogP contribution < -0.4 is 4.74 Å².